The molecule has 24 heavy (non-hydrogen) atoms. The van der Waals surface area contributed by atoms with Crippen LogP contribution in [0, 0.1) is 12.8 Å². The molecule has 1 aromatic carbocycles. The third-order valence-corrected chi connectivity index (χ3v) is 5.63. The molecule has 4 nitrogen and oxygen atoms in total. The number of nitrogens with zero attached hydrogens (tertiary/aromatic N) is 1. The molecule has 1 N–H and O–H groups in total. The number of thiophene rings is 1. The van der Waals surface area contributed by atoms with Gasteiger partial charge >= 0.3 is 0 Å². The number of methoxy groups -OCH3 is 1. The van der Waals surface area contributed by atoms with E-state index >= 15 is 0 Å². The molecule has 0 bridgehead atoms. The third-order valence-electron chi connectivity index (χ3n) is 4.60. The zero-order valence-corrected chi connectivity index (χ0v) is 15.3. The Bertz CT molecular complexity index is 709. The second kappa shape index (κ2) is 7.36. The summed E-state index contributed by atoms with van der Waals surface area (Å²) in [5, 5.41) is 3.21. The Labute approximate surface area is 147 Å². The average Bonchev–Trinajstić information content (AvgIpc) is 3.22. The zero-order valence-electron chi connectivity index (χ0n) is 14.5. The Morgan fingerprint density at radius 3 is 2.79 bits per heavy atom. The summed E-state index contributed by atoms with van der Waals surface area (Å²) in [6, 6.07) is 10.0. The van der Waals surface area contributed by atoms with E-state index in [1.165, 1.54) is 4.88 Å². The van der Waals surface area contributed by atoms with Crippen LogP contribution in [-0.2, 0) is 0 Å². The van der Waals surface area contributed by atoms with Crippen molar-refractivity contribution in [2.24, 2.45) is 5.92 Å². The molecule has 0 aliphatic carbocycles. The molecule has 128 valence electrons. The highest BCUT2D eigenvalue weighted by molar-refractivity contribution is 7.14. The van der Waals surface area contributed by atoms with Crippen molar-refractivity contribution in [3.63, 3.8) is 0 Å². The van der Waals surface area contributed by atoms with Crippen molar-refractivity contribution in [1.29, 1.82) is 0 Å². The van der Waals surface area contributed by atoms with Crippen LogP contribution in [0.3, 0.4) is 0 Å². The normalized spacial score (nSPS) is 17.3. The van der Waals surface area contributed by atoms with Crippen LogP contribution in [0.15, 0.2) is 30.3 Å². The topological polar surface area (TPSA) is 41.6 Å². The summed E-state index contributed by atoms with van der Waals surface area (Å²) < 4.78 is 5.21. The van der Waals surface area contributed by atoms with Crippen molar-refractivity contribution >= 4 is 17.2 Å². The number of hydrogen-bond donors (Lipinski definition) is 1. The van der Waals surface area contributed by atoms with E-state index in [9.17, 15) is 4.79 Å². The lowest BCUT2D eigenvalue weighted by Gasteiger charge is -2.15. The van der Waals surface area contributed by atoms with Crippen LogP contribution in [-0.4, -0.2) is 44.6 Å². The molecule has 1 amide bonds. The lowest BCUT2D eigenvalue weighted by Crippen LogP contribution is -2.29. The van der Waals surface area contributed by atoms with E-state index in [-0.39, 0.29) is 5.91 Å². The molecule has 0 spiro atoms. The highest BCUT2D eigenvalue weighted by atomic mass is 32.1. The molecule has 2 aromatic rings. The van der Waals surface area contributed by atoms with E-state index in [2.05, 4.69) is 12.2 Å². The van der Waals surface area contributed by atoms with Gasteiger partial charge in [-0.15, -0.1) is 11.3 Å². The van der Waals surface area contributed by atoms with Gasteiger partial charge in [0, 0.05) is 18.0 Å². The Morgan fingerprint density at radius 1 is 1.38 bits per heavy atom. The monoisotopic (exact) mass is 344 g/mol. The van der Waals surface area contributed by atoms with Gasteiger partial charge in [-0.05, 0) is 62.2 Å². The van der Waals surface area contributed by atoms with E-state index in [0.29, 0.717) is 5.92 Å². The SMILES string of the molecule is CNC[C@H]1CCN(C(=O)c2cc(-c3ccc(OC)cc3)c(C)s2)C1. The second-order valence-corrected chi connectivity index (χ2v) is 7.53. The molecule has 1 fully saturated rings. The van der Waals surface area contributed by atoms with E-state index in [0.717, 1.165) is 47.8 Å². The van der Waals surface area contributed by atoms with Gasteiger partial charge in [0.05, 0.1) is 12.0 Å². The van der Waals surface area contributed by atoms with Gasteiger partial charge in [-0.1, -0.05) is 12.1 Å². The minimum Gasteiger partial charge on any atom is -0.497 e. The van der Waals surface area contributed by atoms with Gasteiger partial charge in [-0.2, -0.15) is 0 Å². The number of rotatable bonds is 5. The average molecular weight is 344 g/mol. The summed E-state index contributed by atoms with van der Waals surface area (Å²) in [6.07, 6.45) is 1.09. The molecular formula is C19H24N2O2S. The molecule has 0 unspecified atom stereocenters. The van der Waals surface area contributed by atoms with Gasteiger partial charge < -0.3 is 15.0 Å². The van der Waals surface area contributed by atoms with Crippen molar-refractivity contribution in [2.75, 3.05) is 33.8 Å². The van der Waals surface area contributed by atoms with Crippen LogP contribution in [0.1, 0.15) is 21.0 Å². The Balaban J connectivity index is 1.77. The van der Waals surface area contributed by atoms with Crippen molar-refractivity contribution in [2.45, 2.75) is 13.3 Å². The number of carbonyl (C=O) groups is 1. The van der Waals surface area contributed by atoms with E-state index in [4.69, 9.17) is 4.74 Å². The van der Waals surface area contributed by atoms with E-state index < -0.39 is 0 Å². The summed E-state index contributed by atoms with van der Waals surface area (Å²) in [4.78, 5) is 16.8. The number of nitrogens with one attached hydrogen (secondary N) is 1. The summed E-state index contributed by atoms with van der Waals surface area (Å²) in [5.41, 5.74) is 2.26. The number of benzene rings is 1. The van der Waals surface area contributed by atoms with Crippen LogP contribution in [0.25, 0.3) is 11.1 Å². The van der Waals surface area contributed by atoms with Gasteiger partial charge in [0.2, 0.25) is 0 Å². The fraction of sp³-hybridized carbons (Fsp3) is 0.421. The Hall–Kier alpha value is -1.85. The highest BCUT2D eigenvalue weighted by Gasteiger charge is 2.27. The highest BCUT2D eigenvalue weighted by Crippen LogP contribution is 2.33. The first kappa shape index (κ1) is 17.0. The van der Waals surface area contributed by atoms with Crippen LogP contribution in [0.2, 0.25) is 0 Å². The molecule has 0 radical (unpaired) electrons. The number of likely N-dealkylation sites (tertiary alicyclic amines) is 1. The molecule has 1 aliphatic rings. The lowest BCUT2D eigenvalue weighted by molar-refractivity contribution is 0.0792. The predicted molar refractivity (Wildman–Crippen MR) is 99.0 cm³/mol. The van der Waals surface area contributed by atoms with Crippen molar-refractivity contribution < 1.29 is 9.53 Å². The van der Waals surface area contributed by atoms with Crippen LogP contribution in [0.5, 0.6) is 5.75 Å². The second-order valence-electron chi connectivity index (χ2n) is 6.27. The van der Waals surface area contributed by atoms with Crippen molar-refractivity contribution in [3.8, 4) is 16.9 Å². The van der Waals surface area contributed by atoms with Gasteiger partial charge in [0.15, 0.2) is 0 Å². The number of amides is 1. The molecule has 1 aromatic heterocycles. The maximum atomic E-state index is 12.8. The van der Waals surface area contributed by atoms with Gasteiger partial charge in [0.1, 0.15) is 5.75 Å². The van der Waals surface area contributed by atoms with Gasteiger partial charge in [-0.25, -0.2) is 0 Å². The van der Waals surface area contributed by atoms with E-state index in [1.807, 2.05) is 42.3 Å². The fourth-order valence-corrected chi connectivity index (χ4v) is 4.28. The van der Waals surface area contributed by atoms with Crippen molar-refractivity contribution in [1.82, 2.24) is 10.2 Å². The summed E-state index contributed by atoms with van der Waals surface area (Å²) in [6.45, 7) is 4.77. The molecule has 1 atom stereocenters. The number of carbonyl (C=O) groups excluding carboxylic acids is 1. The summed E-state index contributed by atoms with van der Waals surface area (Å²) >= 11 is 1.59. The Kier molecular flexibility index (Phi) is 5.21. The minimum atomic E-state index is 0.168. The van der Waals surface area contributed by atoms with E-state index in [1.54, 1.807) is 18.4 Å². The maximum absolute atomic E-state index is 12.8. The summed E-state index contributed by atoms with van der Waals surface area (Å²) in [7, 11) is 3.63. The molecule has 2 heterocycles. The summed E-state index contributed by atoms with van der Waals surface area (Å²) in [5.74, 6) is 1.58. The fourth-order valence-electron chi connectivity index (χ4n) is 3.27. The number of ether oxygens (including phenoxy) is 1. The predicted octanol–water partition coefficient (Wildman–Crippen LogP) is 3.41. The molecule has 3 rings (SSSR count). The quantitative estimate of drug-likeness (QED) is 0.904. The molecule has 1 aliphatic heterocycles. The number of aryl methyl sites for hydroxylation is 1. The van der Waals surface area contributed by atoms with Crippen LogP contribution < -0.4 is 10.1 Å². The molecule has 5 heteroatoms. The first-order chi connectivity index (χ1) is 11.6. The maximum Gasteiger partial charge on any atom is 0.263 e. The smallest absolute Gasteiger partial charge is 0.263 e. The third kappa shape index (κ3) is 3.47. The molecular weight excluding hydrogens is 320 g/mol. The molecule has 1 saturated heterocycles. The van der Waals surface area contributed by atoms with Crippen molar-refractivity contribution in [3.05, 3.63) is 40.1 Å². The standard InChI is InChI=1S/C19H24N2O2S/c1-13-17(15-4-6-16(23-3)7-5-15)10-18(24-13)19(22)21-9-8-14(12-21)11-20-2/h4-7,10,14,20H,8-9,11-12H2,1-3H3/t14-/m1/s1. The van der Waals surface area contributed by atoms with Gasteiger partial charge in [0.25, 0.3) is 5.91 Å². The first-order valence-electron chi connectivity index (χ1n) is 8.31. The lowest BCUT2D eigenvalue weighted by atomic mass is 10.1. The van der Waals surface area contributed by atoms with Crippen LogP contribution >= 0.6 is 11.3 Å². The Morgan fingerprint density at radius 2 is 2.12 bits per heavy atom. The minimum absolute atomic E-state index is 0.168. The first-order valence-corrected chi connectivity index (χ1v) is 9.12. The molecule has 0 saturated carbocycles. The number of hydrogen-bond acceptors (Lipinski definition) is 4. The zero-order chi connectivity index (χ0) is 17.1. The largest absolute Gasteiger partial charge is 0.497 e. The van der Waals surface area contributed by atoms with Crippen LogP contribution in [0.4, 0.5) is 0 Å². The van der Waals surface area contributed by atoms with Gasteiger partial charge in [-0.3, -0.25) is 4.79 Å².